The molecule has 0 saturated heterocycles. The highest BCUT2D eigenvalue weighted by molar-refractivity contribution is 6.46. The molecular formula is C24H18ClFN2O3. The van der Waals surface area contributed by atoms with E-state index in [9.17, 15) is 14.0 Å². The van der Waals surface area contributed by atoms with Crippen LogP contribution in [0, 0.1) is 12.7 Å². The number of methoxy groups -OCH3 is 1. The van der Waals surface area contributed by atoms with Crippen LogP contribution in [0.1, 0.15) is 11.1 Å². The Bertz CT molecular complexity index is 1220. The molecule has 31 heavy (non-hydrogen) atoms. The highest BCUT2D eigenvalue weighted by atomic mass is 35.5. The lowest BCUT2D eigenvalue weighted by Crippen LogP contribution is -2.32. The zero-order valence-corrected chi connectivity index (χ0v) is 17.5. The van der Waals surface area contributed by atoms with Crippen LogP contribution >= 0.6 is 11.6 Å². The molecular weight excluding hydrogens is 419 g/mol. The maximum absolute atomic E-state index is 13.7. The van der Waals surface area contributed by atoms with E-state index in [0.29, 0.717) is 22.7 Å². The van der Waals surface area contributed by atoms with E-state index < -0.39 is 17.6 Å². The second-order valence-corrected chi connectivity index (χ2v) is 7.42. The Morgan fingerprint density at radius 3 is 2.35 bits per heavy atom. The molecule has 0 radical (unpaired) electrons. The van der Waals surface area contributed by atoms with Crippen molar-refractivity contribution in [1.82, 2.24) is 0 Å². The monoisotopic (exact) mass is 436 g/mol. The number of anilines is 2. The fourth-order valence-electron chi connectivity index (χ4n) is 3.37. The van der Waals surface area contributed by atoms with Crippen LogP contribution in [0.5, 0.6) is 5.75 Å². The fourth-order valence-corrected chi connectivity index (χ4v) is 3.63. The van der Waals surface area contributed by atoms with Crippen molar-refractivity contribution in [2.45, 2.75) is 6.92 Å². The number of amides is 2. The van der Waals surface area contributed by atoms with Gasteiger partial charge in [-0.3, -0.25) is 9.59 Å². The van der Waals surface area contributed by atoms with Gasteiger partial charge in [0.1, 0.15) is 17.3 Å². The molecule has 3 aromatic carbocycles. The molecule has 5 nitrogen and oxygen atoms in total. The Balaban J connectivity index is 1.81. The van der Waals surface area contributed by atoms with Crippen molar-refractivity contribution in [3.05, 3.63) is 94.4 Å². The lowest BCUT2D eigenvalue weighted by atomic mass is 10.0. The minimum absolute atomic E-state index is 0.0615. The quantitative estimate of drug-likeness (QED) is 0.559. The lowest BCUT2D eigenvalue weighted by molar-refractivity contribution is -0.120. The molecule has 0 aliphatic carbocycles. The summed E-state index contributed by atoms with van der Waals surface area (Å²) in [6.07, 6.45) is 0. The summed E-state index contributed by atoms with van der Waals surface area (Å²) < 4.78 is 18.8. The number of hydrogen-bond donors (Lipinski definition) is 1. The van der Waals surface area contributed by atoms with Crippen LogP contribution in [0.4, 0.5) is 15.8 Å². The van der Waals surface area contributed by atoms with E-state index in [4.69, 9.17) is 16.3 Å². The lowest BCUT2D eigenvalue weighted by Gasteiger charge is -2.16. The minimum atomic E-state index is -0.564. The van der Waals surface area contributed by atoms with Gasteiger partial charge >= 0.3 is 0 Å². The Morgan fingerprint density at radius 1 is 0.968 bits per heavy atom. The van der Waals surface area contributed by atoms with Gasteiger partial charge in [-0.1, -0.05) is 47.5 Å². The van der Waals surface area contributed by atoms with Crippen molar-refractivity contribution in [3.8, 4) is 5.75 Å². The SMILES string of the molecule is COc1ccc(N2C(=O)C(Nc3cccc(F)c3)=C(c3ccc(C)cc3)C2=O)cc1Cl. The molecule has 1 N–H and O–H groups in total. The molecule has 0 saturated carbocycles. The second-order valence-electron chi connectivity index (χ2n) is 7.02. The molecule has 0 bridgehead atoms. The van der Waals surface area contributed by atoms with E-state index in [1.54, 1.807) is 30.3 Å². The van der Waals surface area contributed by atoms with Gasteiger partial charge in [0.15, 0.2) is 0 Å². The largest absolute Gasteiger partial charge is 0.495 e. The first-order valence-corrected chi connectivity index (χ1v) is 9.83. The first-order chi connectivity index (χ1) is 14.9. The predicted molar refractivity (Wildman–Crippen MR) is 119 cm³/mol. The van der Waals surface area contributed by atoms with E-state index >= 15 is 0 Å². The van der Waals surface area contributed by atoms with Gasteiger partial charge in [0, 0.05) is 5.69 Å². The number of hydrogen-bond acceptors (Lipinski definition) is 4. The third kappa shape index (κ3) is 3.90. The third-order valence-electron chi connectivity index (χ3n) is 4.91. The molecule has 7 heteroatoms. The van der Waals surface area contributed by atoms with Gasteiger partial charge in [-0.05, 0) is 48.9 Å². The third-order valence-corrected chi connectivity index (χ3v) is 5.21. The zero-order valence-electron chi connectivity index (χ0n) is 16.8. The molecule has 0 unspecified atom stereocenters. The van der Waals surface area contributed by atoms with Gasteiger partial charge in [-0.2, -0.15) is 0 Å². The van der Waals surface area contributed by atoms with Crippen molar-refractivity contribution in [2.24, 2.45) is 0 Å². The summed E-state index contributed by atoms with van der Waals surface area (Å²) in [6, 6.07) is 17.6. The Hall–Kier alpha value is -3.64. The molecule has 0 spiro atoms. The van der Waals surface area contributed by atoms with Crippen molar-refractivity contribution >= 4 is 40.4 Å². The van der Waals surface area contributed by atoms with Crippen LogP contribution in [0.2, 0.25) is 5.02 Å². The summed E-state index contributed by atoms with van der Waals surface area (Å²) in [7, 11) is 1.48. The highest BCUT2D eigenvalue weighted by Gasteiger charge is 2.40. The molecule has 0 fully saturated rings. The number of halogens is 2. The molecule has 1 heterocycles. The minimum Gasteiger partial charge on any atom is -0.495 e. The van der Waals surface area contributed by atoms with Crippen LogP contribution in [0.25, 0.3) is 5.57 Å². The second kappa shape index (κ2) is 8.24. The molecule has 2 amide bonds. The number of aryl methyl sites for hydroxylation is 1. The van der Waals surface area contributed by atoms with Crippen molar-refractivity contribution in [3.63, 3.8) is 0 Å². The van der Waals surface area contributed by atoms with E-state index in [0.717, 1.165) is 10.5 Å². The number of rotatable bonds is 5. The summed E-state index contributed by atoms with van der Waals surface area (Å²) in [4.78, 5) is 27.8. The van der Waals surface area contributed by atoms with Gasteiger partial charge < -0.3 is 10.1 Å². The maximum Gasteiger partial charge on any atom is 0.282 e. The van der Waals surface area contributed by atoms with Crippen molar-refractivity contribution < 1.29 is 18.7 Å². The number of nitrogens with one attached hydrogen (secondary N) is 1. The van der Waals surface area contributed by atoms with E-state index in [2.05, 4.69) is 5.32 Å². The summed E-state index contributed by atoms with van der Waals surface area (Å²) in [5.74, 6) is -1.10. The summed E-state index contributed by atoms with van der Waals surface area (Å²) >= 11 is 6.21. The standard InChI is InChI=1S/C24H18ClFN2O3/c1-14-6-8-15(9-7-14)21-22(27-17-5-3-4-16(26)12-17)24(30)28(23(21)29)18-10-11-20(31-2)19(25)13-18/h3-13,27H,1-2H3. The number of imide groups is 1. The maximum atomic E-state index is 13.7. The van der Waals surface area contributed by atoms with Crippen LogP contribution < -0.4 is 15.0 Å². The van der Waals surface area contributed by atoms with Crippen LogP contribution in [-0.2, 0) is 9.59 Å². The predicted octanol–water partition coefficient (Wildman–Crippen LogP) is 5.19. The number of benzene rings is 3. The molecule has 4 rings (SSSR count). The van der Waals surface area contributed by atoms with Crippen LogP contribution in [0.15, 0.2) is 72.4 Å². The van der Waals surface area contributed by atoms with Gasteiger partial charge in [0.2, 0.25) is 0 Å². The van der Waals surface area contributed by atoms with Crippen LogP contribution in [0.3, 0.4) is 0 Å². The normalized spacial score (nSPS) is 13.7. The van der Waals surface area contributed by atoms with Gasteiger partial charge in [-0.25, -0.2) is 9.29 Å². The van der Waals surface area contributed by atoms with E-state index in [1.165, 1.54) is 31.4 Å². The average Bonchev–Trinajstić information content (AvgIpc) is 2.98. The molecule has 1 aliphatic heterocycles. The van der Waals surface area contributed by atoms with Crippen molar-refractivity contribution in [1.29, 1.82) is 0 Å². The first kappa shape index (κ1) is 20.6. The van der Waals surface area contributed by atoms with Gasteiger partial charge in [-0.15, -0.1) is 0 Å². The zero-order chi connectivity index (χ0) is 22.1. The fraction of sp³-hybridized carbons (Fsp3) is 0.0833. The van der Waals surface area contributed by atoms with Gasteiger partial charge in [0.05, 0.1) is 23.4 Å². The summed E-state index contributed by atoms with van der Waals surface area (Å²) in [6.45, 7) is 1.93. The number of carbonyl (C=O) groups is 2. The van der Waals surface area contributed by atoms with E-state index in [-0.39, 0.29) is 16.3 Å². The Labute approximate surface area is 183 Å². The number of ether oxygens (including phenoxy) is 1. The summed E-state index contributed by atoms with van der Waals surface area (Å²) in [5.41, 5.74) is 2.51. The Kier molecular flexibility index (Phi) is 5.48. The topological polar surface area (TPSA) is 58.6 Å². The number of carbonyl (C=O) groups excluding carboxylic acids is 2. The first-order valence-electron chi connectivity index (χ1n) is 9.45. The van der Waals surface area contributed by atoms with Crippen LogP contribution in [-0.4, -0.2) is 18.9 Å². The summed E-state index contributed by atoms with van der Waals surface area (Å²) in [5, 5.41) is 3.20. The van der Waals surface area contributed by atoms with Crippen molar-refractivity contribution in [2.75, 3.05) is 17.3 Å². The van der Waals surface area contributed by atoms with Gasteiger partial charge in [0.25, 0.3) is 11.8 Å². The van der Waals surface area contributed by atoms with E-state index in [1.807, 2.05) is 19.1 Å². The smallest absolute Gasteiger partial charge is 0.282 e. The Morgan fingerprint density at radius 2 is 1.71 bits per heavy atom. The molecule has 156 valence electrons. The molecule has 0 aromatic heterocycles. The molecule has 3 aromatic rings. The molecule has 0 atom stereocenters. The molecule has 1 aliphatic rings. The highest BCUT2D eigenvalue weighted by Crippen LogP contribution is 2.36. The average molecular weight is 437 g/mol. The number of nitrogens with zero attached hydrogens (tertiary/aromatic N) is 1.